The van der Waals surface area contributed by atoms with Gasteiger partial charge in [-0.2, -0.15) is 4.98 Å². The number of nitrogens with zero attached hydrogens (tertiary/aromatic N) is 2. The summed E-state index contributed by atoms with van der Waals surface area (Å²) in [7, 11) is -6.70. The first kappa shape index (κ1) is 27.3. The van der Waals surface area contributed by atoms with E-state index in [9.17, 15) is 17.3 Å². The first-order valence-corrected chi connectivity index (χ1v) is 13.3. The topological polar surface area (TPSA) is 38.5 Å². The zero-order valence-electron chi connectivity index (χ0n) is 20.3. The summed E-state index contributed by atoms with van der Waals surface area (Å²) in [6.07, 6.45) is 0. The Bertz CT molecular complexity index is 1100. The molecule has 4 aromatic rings. The number of rotatable bonds is 8. The average Bonchev–Trinajstić information content (AvgIpc) is 3.31. The molecule has 0 bridgehead atoms. The second-order valence-electron chi connectivity index (χ2n) is 7.66. The molecule has 0 aliphatic heterocycles. The zero-order chi connectivity index (χ0) is 26.2. The molecule has 3 aromatic carbocycles. The minimum atomic E-state index is -6.00. The summed E-state index contributed by atoms with van der Waals surface area (Å²) >= 11 is 0. The molecule has 0 amide bonds. The molecule has 0 aliphatic rings. The molecule has 0 aliphatic carbocycles. The predicted octanol–water partition coefficient (Wildman–Crippen LogP) is 5.45. The van der Waals surface area contributed by atoms with Gasteiger partial charge in [0, 0.05) is 13.1 Å². The summed E-state index contributed by atoms with van der Waals surface area (Å²) in [5, 5.41) is 3.64. The third-order valence-corrected chi connectivity index (χ3v) is 9.67. The summed E-state index contributed by atoms with van der Waals surface area (Å²) in [6.45, 7) is 5.84. The van der Waals surface area contributed by atoms with Crippen molar-refractivity contribution in [1.29, 1.82) is 0 Å². The molecule has 0 N–H and O–H groups in total. The predicted molar refractivity (Wildman–Crippen MR) is 142 cm³/mol. The first-order chi connectivity index (χ1) is 17.2. The fourth-order valence-electron chi connectivity index (χ4n) is 4.03. The molecule has 0 fully saturated rings. The van der Waals surface area contributed by atoms with Gasteiger partial charge in [0.2, 0.25) is 0 Å². The summed E-state index contributed by atoms with van der Waals surface area (Å²) in [5.74, 6) is 0.479. The van der Waals surface area contributed by atoms with Crippen molar-refractivity contribution in [1.82, 2.24) is 4.98 Å². The van der Waals surface area contributed by atoms with E-state index < -0.39 is 14.5 Å². The third-order valence-electron chi connectivity index (χ3n) is 5.54. The number of hydrogen-bond donors (Lipinski definition) is 0. The quantitative estimate of drug-likeness (QED) is 0.177. The number of halogens is 4. The molecule has 1 aromatic heterocycles. The van der Waals surface area contributed by atoms with Crippen molar-refractivity contribution in [3.05, 3.63) is 91.0 Å². The highest BCUT2D eigenvalue weighted by atomic mass is 31.2. The van der Waals surface area contributed by atoms with Crippen LogP contribution in [0.25, 0.3) is 0 Å². The van der Waals surface area contributed by atoms with Crippen LogP contribution in [0.15, 0.2) is 95.4 Å². The number of hydrogen-bond acceptors (Lipinski definition) is 4. The lowest BCUT2D eigenvalue weighted by Gasteiger charge is -2.25. The molecule has 0 saturated carbocycles. The highest BCUT2D eigenvalue weighted by Gasteiger charge is 2.53. The van der Waals surface area contributed by atoms with Crippen LogP contribution in [0, 0.1) is 0 Å². The highest BCUT2D eigenvalue weighted by Crippen LogP contribution is 2.56. The van der Waals surface area contributed by atoms with Gasteiger partial charge in [0.1, 0.15) is 15.9 Å². The lowest BCUT2D eigenvalue weighted by atomic mass is 10.3. The first-order valence-electron chi connectivity index (χ1n) is 11.5. The minimum absolute atomic E-state index is 0.479. The number of ether oxygens (including phenoxy) is 1. The molecule has 190 valence electrons. The maximum absolute atomic E-state index is 9.75. The van der Waals surface area contributed by atoms with Gasteiger partial charge < -0.3 is 31.3 Å². The van der Waals surface area contributed by atoms with Crippen LogP contribution in [0.5, 0.6) is 5.95 Å². The molecule has 0 unspecified atom stereocenters. The van der Waals surface area contributed by atoms with Crippen LogP contribution in [0.4, 0.5) is 23.3 Å². The Labute approximate surface area is 209 Å². The Morgan fingerprint density at radius 1 is 0.750 bits per heavy atom. The average molecular weight is 518 g/mol. The number of benzene rings is 3. The van der Waals surface area contributed by atoms with Crippen LogP contribution < -0.4 is 31.0 Å². The molecule has 10 heteroatoms. The fraction of sp³-hybridized carbons (Fsp3) is 0.192. The molecule has 4 rings (SSSR count). The van der Waals surface area contributed by atoms with Crippen molar-refractivity contribution in [2.45, 2.75) is 13.8 Å². The Morgan fingerprint density at radius 2 is 1.11 bits per heavy atom. The van der Waals surface area contributed by atoms with E-state index in [0.29, 0.717) is 12.0 Å². The summed E-state index contributed by atoms with van der Waals surface area (Å²) in [6, 6.07) is 32.5. The van der Waals surface area contributed by atoms with E-state index in [1.54, 1.807) is 7.11 Å². The van der Waals surface area contributed by atoms with Crippen LogP contribution in [-0.4, -0.2) is 32.4 Å². The van der Waals surface area contributed by atoms with Gasteiger partial charge in [-0.05, 0) is 50.2 Å². The molecule has 0 spiro atoms. The van der Waals surface area contributed by atoms with Crippen molar-refractivity contribution in [2.24, 2.45) is 0 Å². The Morgan fingerprint density at radius 3 is 1.42 bits per heavy atom. The van der Waals surface area contributed by atoms with Gasteiger partial charge in [0.05, 0.1) is 7.11 Å². The van der Waals surface area contributed by atoms with Crippen LogP contribution in [0.3, 0.4) is 0 Å². The van der Waals surface area contributed by atoms with E-state index in [-0.39, 0.29) is 0 Å². The number of aromatic nitrogens is 1. The minimum Gasteiger partial charge on any atom is -0.464 e. The molecule has 4 nitrogen and oxygen atoms in total. The van der Waals surface area contributed by atoms with Crippen molar-refractivity contribution < 1.29 is 26.4 Å². The Kier molecular flexibility index (Phi) is 9.16. The van der Waals surface area contributed by atoms with E-state index in [0.717, 1.165) is 18.5 Å². The maximum Gasteiger partial charge on any atom is 0.673 e. The van der Waals surface area contributed by atoms with Crippen LogP contribution >= 0.6 is 7.26 Å². The Balaban J connectivity index is 0.000000658. The van der Waals surface area contributed by atoms with Crippen molar-refractivity contribution >= 4 is 41.9 Å². The fourth-order valence-corrected chi connectivity index (χ4v) is 8.16. The summed E-state index contributed by atoms with van der Waals surface area (Å²) < 4.78 is 51.0. The molecular formula is C26H28BF4N2O2P. The van der Waals surface area contributed by atoms with E-state index in [4.69, 9.17) is 14.1 Å². The van der Waals surface area contributed by atoms with Crippen LogP contribution in [-0.2, 0) is 0 Å². The molecule has 0 atom stereocenters. The largest absolute Gasteiger partial charge is 0.673 e. The molecule has 1 heterocycles. The monoisotopic (exact) mass is 518 g/mol. The van der Waals surface area contributed by atoms with E-state index in [1.807, 2.05) is 0 Å². The standard InChI is InChI=1S/C26H28N2O2P.BF4/c1-4-28(5-2)26-27-24(25(29-3)30-26)31(21-15-9-6-10-16-21,22-17-11-7-12-18-22)23-19-13-8-14-20-23;2-1(3,4)5/h6-20H,4-5H2,1-3H3;/q+1;-1. The van der Waals surface area contributed by atoms with E-state index in [1.165, 1.54) is 15.9 Å². The lowest BCUT2D eigenvalue weighted by molar-refractivity contribution is 0.309. The molecule has 36 heavy (non-hydrogen) atoms. The second kappa shape index (κ2) is 12.1. The van der Waals surface area contributed by atoms with Crippen LogP contribution in [0.2, 0.25) is 0 Å². The normalized spacial score (nSPS) is 11.4. The van der Waals surface area contributed by atoms with E-state index in [2.05, 4.69) is 110 Å². The van der Waals surface area contributed by atoms with Crippen molar-refractivity contribution in [3.63, 3.8) is 0 Å². The van der Waals surface area contributed by atoms with Gasteiger partial charge in [0.15, 0.2) is 7.26 Å². The van der Waals surface area contributed by atoms with Gasteiger partial charge in [-0.3, -0.25) is 0 Å². The van der Waals surface area contributed by atoms with Gasteiger partial charge in [-0.25, -0.2) is 0 Å². The third kappa shape index (κ3) is 6.08. The smallest absolute Gasteiger partial charge is 0.464 e. The van der Waals surface area contributed by atoms with Gasteiger partial charge in [-0.1, -0.05) is 54.6 Å². The number of methoxy groups -OCH3 is 1. The zero-order valence-corrected chi connectivity index (χ0v) is 21.2. The highest BCUT2D eigenvalue weighted by molar-refractivity contribution is 8.01. The number of anilines is 1. The lowest BCUT2D eigenvalue weighted by Crippen LogP contribution is -2.40. The van der Waals surface area contributed by atoms with Crippen molar-refractivity contribution in [3.8, 4) is 5.95 Å². The maximum atomic E-state index is 9.75. The summed E-state index contributed by atoms with van der Waals surface area (Å²) in [4.78, 5) is 7.22. The van der Waals surface area contributed by atoms with E-state index >= 15 is 0 Å². The van der Waals surface area contributed by atoms with Gasteiger partial charge >= 0.3 is 19.2 Å². The van der Waals surface area contributed by atoms with Crippen LogP contribution in [0.1, 0.15) is 13.8 Å². The Hall–Kier alpha value is -3.32. The SMILES string of the molecule is CCN(CC)c1nc([P+](c2ccccc2)(c2ccccc2)c2ccccc2)c(OC)o1.F[B-](F)(F)F. The van der Waals surface area contributed by atoms with Gasteiger partial charge in [-0.15, -0.1) is 0 Å². The number of oxazole rings is 1. The molecule has 0 radical (unpaired) electrons. The molecular weight excluding hydrogens is 490 g/mol. The van der Waals surface area contributed by atoms with Crippen molar-refractivity contribution in [2.75, 3.05) is 25.1 Å². The van der Waals surface area contributed by atoms with Gasteiger partial charge in [0.25, 0.3) is 5.44 Å². The molecule has 0 saturated heterocycles. The second-order valence-corrected chi connectivity index (χ2v) is 11.0. The summed E-state index contributed by atoms with van der Waals surface area (Å²) in [5.41, 5.74) is 0.862.